The van der Waals surface area contributed by atoms with Crippen molar-refractivity contribution in [3.8, 4) is 100 Å². The summed E-state index contributed by atoms with van der Waals surface area (Å²) in [5, 5.41) is 14.8. The molecule has 0 saturated carbocycles. The number of hydrogen-bond donors (Lipinski definition) is 0. The average Bonchev–Trinajstić information content (AvgIpc) is 0.705. The molecule has 0 aliphatic carbocycles. The van der Waals surface area contributed by atoms with Crippen LogP contribution in [-0.2, 0) is 0 Å². The van der Waals surface area contributed by atoms with Gasteiger partial charge in [0.1, 0.15) is 0 Å². The highest BCUT2D eigenvalue weighted by Gasteiger charge is 2.25. The van der Waals surface area contributed by atoms with Gasteiger partial charge in [-0.25, -0.2) is 0 Å². The van der Waals surface area contributed by atoms with Crippen molar-refractivity contribution >= 4 is 98.8 Å². The predicted molar refractivity (Wildman–Crippen MR) is 470 cm³/mol. The van der Waals surface area contributed by atoms with Crippen LogP contribution < -0.4 is 9.80 Å². The third-order valence-electron chi connectivity index (χ3n) is 22.2. The van der Waals surface area contributed by atoms with E-state index in [4.69, 9.17) is 0 Å². The van der Waals surface area contributed by atoms with Gasteiger partial charge in [-0.05, 0) is 227 Å². The molecule has 20 rings (SSSR count). The topological polar surface area (TPSA) is 6.48 Å². The standard InChI is InChI=1S/C108H72N2/c1-4-24-73(25-5-1)85-58-64-97(78-27-6-2-7-28-78)108(72-85)110(92-62-56-81(57-63-92)103-71-87-33-13-15-35-94(87)99-39-17-19-41-101(99)103)106-43-23-21-37-96(106)89-53-50-77-48-51-83(67-90(77)68-89)75-44-46-76(47-45-75)84-59-65-107(104(69-84)79-29-8-3-9-30-79)109(105-42-22-20-36-95(105)88-52-49-74-26-10-11-31-82(74)66-88)91-60-54-80(55-61-91)102-70-86-32-12-14-34-93(86)98-38-16-18-40-100(98)102/h1-72H. The van der Waals surface area contributed by atoms with Gasteiger partial charge in [-0.3, -0.25) is 0 Å². The Morgan fingerprint density at radius 2 is 0.427 bits per heavy atom. The summed E-state index contributed by atoms with van der Waals surface area (Å²) in [6.07, 6.45) is 0. The summed E-state index contributed by atoms with van der Waals surface area (Å²) in [6, 6.07) is 161. The molecule has 0 aliphatic rings. The summed E-state index contributed by atoms with van der Waals surface area (Å²) in [5.41, 5.74) is 27.2. The Hall–Kier alpha value is -14.4. The van der Waals surface area contributed by atoms with Gasteiger partial charge in [0.05, 0.1) is 22.7 Å². The van der Waals surface area contributed by atoms with E-state index >= 15 is 0 Å². The van der Waals surface area contributed by atoms with Crippen molar-refractivity contribution in [2.45, 2.75) is 0 Å². The number of rotatable bonds is 15. The number of para-hydroxylation sites is 2. The fourth-order valence-electron chi connectivity index (χ4n) is 16.8. The van der Waals surface area contributed by atoms with Crippen LogP contribution in [0.2, 0.25) is 0 Å². The van der Waals surface area contributed by atoms with Crippen molar-refractivity contribution in [3.63, 3.8) is 0 Å². The van der Waals surface area contributed by atoms with Crippen LogP contribution in [0.1, 0.15) is 0 Å². The monoisotopic (exact) mass is 1400 g/mol. The van der Waals surface area contributed by atoms with Crippen LogP contribution in [0.5, 0.6) is 0 Å². The quantitative estimate of drug-likeness (QED) is 0.0944. The van der Waals surface area contributed by atoms with Crippen LogP contribution >= 0.6 is 0 Å². The fraction of sp³-hybridized carbons (Fsp3) is 0. The van der Waals surface area contributed by atoms with Crippen molar-refractivity contribution in [1.29, 1.82) is 0 Å². The highest BCUT2D eigenvalue weighted by molar-refractivity contribution is 6.15. The summed E-state index contributed by atoms with van der Waals surface area (Å²) in [5.74, 6) is 0. The molecule has 0 unspecified atom stereocenters. The Morgan fingerprint density at radius 1 is 0.118 bits per heavy atom. The molecule has 2 heteroatoms. The van der Waals surface area contributed by atoms with Crippen molar-refractivity contribution in [2.75, 3.05) is 9.80 Å². The van der Waals surface area contributed by atoms with Crippen molar-refractivity contribution in [2.24, 2.45) is 0 Å². The highest BCUT2D eigenvalue weighted by Crippen LogP contribution is 2.50. The Bertz CT molecular complexity index is 6870. The van der Waals surface area contributed by atoms with Crippen LogP contribution in [0.15, 0.2) is 437 Å². The largest absolute Gasteiger partial charge is 0.309 e. The summed E-state index contributed by atoms with van der Waals surface area (Å²) in [4.78, 5) is 4.96. The van der Waals surface area contributed by atoms with Gasteiger partial charge >= 0.3 is 0 Å². The molecule has 20 aromatic rings. The first kappa shape index (κ1) is 65.1. The first-order valence-electron chi connectivity index (χ1n) is 37.9. The van der Waals surface area contributed by atoms with Crippen molar-refractivity contribution in [3.05, 3.63) is 437 Å². The van der Waals surface area contributed by atoms with E-state index in [9.17, 15) is 0 Å². The normalized spacial score (nSPS) is 11.5. The highest BCUT2D eigenvalue weighted by atomic mass is 15.2. The number of nitrogens with zero attached hydrogens (tertiary/aromatic N) is 2. The molecule has 2 nitrogen and oxygen atoms in total. The van der Waals surface area contributed by atoms with Crippen molar-refractivity contribution < 1.29 is 0 Å². The fourth-order valence-corrected chi connectivity index (χ4v) is 16.8. The van der Waals surface area contributed by atoms with E-state index in [2.05, 4.69) is 447 Å². The van der Waals surface area contributed by atoms with Gasteiger partial charge in [-0.2, -0.15) is 0 Å². The molecule has 0 aliphatic heterocycles. The van der Waals surface area contributed by atoms with E-state index in [-0.39, 0.29) is 0 Å². The van der Waals surface area contributed by atoms with Gasteiger partial charge in [0.25, 0.3) is 0 Å². The molecule has 0 spiro atoms. The molecular formula is C108H72N2. The minimum Gasteiger partial charge on any atom is -0.309 e. The second kappa shape index (κ2) is 28.1. The lowest BCUT2D eigenvalue weighted by molar-refractivity contribution is 1.28. The molecule has 0 radical (unpaired) electrons. The minimum absolute atomic E-state index is 1.06. The van der Waals surface area contributed by atoms with E-state index in [0.29, 0.717) is 0 Å². The van der Waals surface area contributed by atoms with Crippen LogP contribution in [0.4, 0.5) is 34.1 Å². The average molecular weight is 1400 g/mol. The first-order chi connectivity index (χ1) is 54.5. The Kier molecular flexibility index (Phi) is 16.6. The van der Waals surface area contributed by atoms with Gasteiger partial charge in [0.2, 0.25) is 0 Å². The lowest BCUT2D eigenvalue weighted by Gasteiger charge is -2.30. The molecule has 0 amide bonds. The molecule has 0 saturated heterocycles. The van der Waals surface area contributed by atoms with E-state index in [0.717, 1.165) is 112 Å². The Balaban J connectivity index is 0.673. The second-order valence-corrected chi connectivity index (χ2v) is 28.7. The number of benzene rings is 20. The summed E-state index contributed by atoms with van der Waals surface area (Å²) in [6.45, 7) is 0. The molecule has 0 aromatic heterocycles. The smallest absolute Gasteiger partial charge is 0.0546 e. The maximum Gasteiger partial charge on any atom is 0.0546 e. The van der Waals surface area contributed by atoms with Crippen LogP contribution in [0, 0.1) is 0 Å². The Labute approximate surface area is 641 Å². The van der Waals surface area contributed by atoms with Crippen LogP contribution in [0.25, 0.3) is 165 Å². The van der Waals surface area contributed by atoms with E-state index in [1.165, 1.54) is 86.9 Å². The minimum atomic E-state index is 1.06. The van der Waals surface area contributed by atoms with Gasteiger partial charge in [0.15, 0.2) is 0 Å². The molecule has 0 N–H and O–H groups in total. The molecule has 0 fully saturated rings. The van der Waals surface area contributed by atoms with Gasteiger partial charge in [-0.1, -0.05) is 352 Å². The maximum atomic E-state index is 2.49. The number of hydrogen-bond acceptors (Lipinski definition) is 2. The molecular weight excluding hydrogens is 1330 g/mol. The van der Waals surface area contributed by atoms with Gasteiger partial charge < -0.3 is 9.80 Å². The predicted octanol–water partition coefficient (Wildman–Crippen LogP) is 30.5. The van der Waals surface area contributed by atoms with Crippen LogP contribution in [-0.4, -0.2) is 0 Å². The Morgan fingerprint density at radius 3 is 0.964 bits per heavy atom. The number of anilines is 6. The SMILES string of the molecule is c1ccc(-c2ccc(-c3ccccc3)c(N(c3ccc(-c4cc5ccccc5c5ccccc45)cc3)c3ccccc3-c3ccc4ccc(-c5ccc(-c6ccc(N(c7ccc(-c8cc9ccccc9c9ccccc89)cc7)c7ccccc7-c7ccc8ccccc8c7)c(-c7ccccc7)c6)cc5)cc4c3)c2)cc1. The third kappa shape index (κ3) is 12.1. The molecule has 514 valence electrons. The zero-order valence-corrected chi connectivity index (χ0v) is 60.5. The zero-order chi connectivity index (χ0) is 72.9. The lowest BCUT2D eigenvalue weighted by Crippen LogP contribution is -2.12. The van der Waals surface area contributed by atoms with Crippen LogP contribution in [0.3, 0.4) is 0 Å². The van der Waals surface area contributed by atoms with Gasteiger partial charge in [-0.15, -0.1) is 0 Å². The maximum absolute atomic E-state index is 2.49. The van der Waals surface area contributed by atoms with Gasteiger partial charge in [0, 0.05) is 33.6 Å². The molecule has 20 aromatic carbocycles. The summed E-state index contributed by atoms with van der Waals surface area (Å²) < 4.78 is 0. The zero-order valence-electron chi connectivity index (χ0n) is 60.5. The summed E-state index contributed by atoms with van der Waals surface area (Å²) in [7, 11) is 0. The lowest BCUT2D eigenvalue weighted by atomic mass is 9.92. The molecule has 0 bridgehead atoms. The molecule has 0 atom stereocenters. The summed E-state index contributed by atoms with van der Waals surface area (Å²) >= 11 is 0. The number of fused-ring (bicyclic) bond motifs is 8. The van der Waals surface area contributed by atoms with Crippen molar-refractivity contribution in [1.82, 2.24) is 0 Å². The molecule has 0 heterocycles. The van der Waals surface area contributed by atoms with E-state index in [1.807, 2.05) is 0 Å². The second-order valence-electron chi connectivity index (χ2n) is 28.7. The van der Waals surface area contributed by atoms with E-state index in [1.54, 1.807) is 0 Å². The first-order valence-corrected chi connectivity index (χ1v) is 37.9. The molecule has 110 heavy (non-hydrogen) atoms. The third-order valence-corrected chi connectivity index (χ3v) is 22.2. The van der Waals surface area contributed by atoms with E-state index < -0.39 is 0 Å².